The summed E-state index contributed by atoms with van der Waals surface area (Å²) >= 11 is 1.95. The van der Waals surface area contributed by atoms with E-state index in [1.807, 2.05) is 11.3 Å². The van der Waals surface area contributed by atoms with Crippen molar-refractivity contribution in [3.63, 3.8) is 0 Å². The highest BCUT2D eigenvalue weighted by atomic mass is 32.1. The first-order chi connectivity index (χ1) is 8.90. The van der Waals surface area contributed by atoms with E-state index < -0.39 is 0 Å². The van der Waals surface area contributed by atoms with E-state index in [0.717, 1.165) is 12.5 Å². The van der Waals surface area contributed by atoms with Crippen molar-refractivity contribution in [3.8, 4) is 11.1 Å². The molecule has 2 heteroatoms. The van der Waals surface area contributed by atoms with Crippen LogP contribution in [-0.4, -0.2) is 13.6 Å². The van der Waals surface area contributed by atoms with Crippen molar-refractivity contribution in [2.75, 3.05) is 13.6 Å². The van der Waals surface area contributed by atoms with Crippen molar-refractivity contribution in [1.82, 2.24) is 5.32 Å². The molecule has 18 heavy (non-hydrogen) atoms. The zero-order chi connectivity index (χ0) is 12.4. The fourth-order valence-corrected chi connectivity index (χ4v) is 4.23. The van der Waals surface area contributed by atoms with Gasteiger partial charge in [-0.2, -0.15) is 0 Å². The SMILES string of the molecule is CNCC1CCCc2c(-c3ccccc3)csc21. The normalized spacial score (nSPS) is 18.6. The molecule has 1 aliphatic carbocycles. The van der Waals surface area contributed by atoms with Crippen molar-refractivity contribution in [2.24, 2.45) is 0 Å². The first-order valence-electron chi connectivity index (χ1n) is 6.70. The van der Waals surface area contributed by atoms with E-state index in [1.54, 1.807) is 10.4 Å². The molecule has 0 saturated heterocycles. The van der Waals surface area contributed by atoms with Gasteiger partial charge in [0.15, 0.2) is 0 Å². The minimum Gasteiger partial charge on any atom is -0.319 e. The highest BCUT2D eigenvalue weighted by molar-refractivity contribution is 7.10. The number of fused-ring (bicyclic) bond motifs is 1. The van der Waals surface area contributed by atoms with Crippen LogP contribution in [0.5, 0.6) is 0 Å². The molecule has 1 unspecified atom stereocenters. The van der Waals surface area contributed by atoms with Gasteiger partial charge in [-0.3, -0.25) is 0 Å². The first kappa shape index (κ1) is 11.9. The lowest BCUT2D eigenvalue weighted by Gasteiger charge is -2.23. The predicted molar refractivity (Wildman–Crippen MR) is 79.4 cm³/mol. The maximum absolute atomic E-state index is 3.33. The van der Waals surface area contributed by atoms with Crippen LogP contribution < -0.4 is 5.32 Å². The number of likely N-dealkylation sites (N-methyl/N-ethyl adjacent to an activating group) is 1. The number of hydrogen-bond acceptors (Lipinski definition) is 2. The van der Waals surface area contributed by atoms with E-state index in [2.05, 4.69) is 48.1 Å². The largest absolute Gasteiger partial charge is 0.319 e. The summed E-state index contributed by atoms with van der Waals surface area (Å²) in [5.41, 5.74) is 4.45. The van der Waals surface area contributed by atoms with Gasteiger partial charge in [-0.15, -0.1) is 11.3 Å². The molecule has 94 valence electrons. The van der Waals surface area contributed by atoms with Crippen molar-refractivity contribution in [3.05, 3.63) is 46.2 Å². The van der Waals surface area contributed by atoms with Gasteiger partial charge in [0.1, 0.15) is 0 Å². The van der Waals surface area contributed by atoms with Crippen LogP contribution in [0.15, 0.2) is 35.7 Å². The molecule has 2 aromatic rings. The lowest BCUT2D eigenvalue weighted by molar-refractivity contribution is 0.539. The Kier molecular flexibility index (Phi) is 3.48. The molecule has 0 saturated carbocycles. The molecule has 3 rings (SSSR count). The number of hydrogen-bond donors (Lipinski definition) is 1. The van der Waals surface area contributed by atoms with Gasteiger partial charge in [-0.25, -0.2) is 0 Å². The molecule has 1 aliphatic rings. The van der Waals surface area contributed by atoms with Crippen LogP contribution >= 0.6 is 11.3 Å². The lowest BCUT2D eigenvalue weighted by Crippen LogP contribution is -2.20. The summed E-state index contributed by atoms with van der Waals surface area (Å²) in [5.74, 6) is 0.723. The maximum Gasteiger partial charge on any atom is 0.0127 e. The summed E-state index contributed by atoms with van der Waals surface area (Å²) in [4.78, 5) is 1.62. The molecule has 0 amide bonds. The van der Waals surface area contributed by atoms with Gasteiger partial charge >= 0.3 is 0 Å². The molecule has 0 aliphatic heterocycles. The molecule has 1 aromatic heterocycles. The van der Waals surface area contributed by atoms with E-state index in [-0.39, 0.29) is 0 Å². The zero-order valence-corrected chi connectivity index (χ0v) is 11.6. The van der Waals surface area contributed by atoms with Gasteiger partial charge in [-0.1, -0.05) is 30.3 Å². The van der Waals surface area contributed by atoms with Crippen LogP contribution in [0.25, 0.3) is 11.1 Å². The van der Waals surface area contributed by atoms with E-state index >= 15 is 0 Å². The lowest BCUT2D eigenvalue weighted by atomic mass is 9.86. The summed E-state index contributed by atoms with van der Waals surface area (Å²) in [6, 6.07) is 10.8. The molecule has 1 N–H and O–H groups in total. The number of thiophene rings is 1. The van der Waals surface area contributed by atoms with Crippen LogP contribution in [0.4, 0.5) is 0 Å². The second-order valence-corrected chi connectivity index (χ2v) is 5.92. The Morgan fingerprint density at radius 3 is 2.89 bits per heavy atom. The summed E-state index contributed by atoms with van der Waals surface area (Å²) in [6.07, 6.45) is 3.92. The summed E-state index contributed by atoms with van der Waals surface area (Å²) < 4.78 is 0. The Morgan fingerprint density at radius 1 is 1.28 bits per heavy atom. The summed E-state index contributed by atoms with van der Waals surface area (Å²) in [6.45, 7) is 1.11. The molecule has 0 fully saturated rings. The molecular weight excluding hydrogens is 238 g/mol. The van der Waals surface area contributed by atoms with E-state index in [1.165, 1.54) is 30.4 Å². The molecule has 1 atom stereocenters. The quantitative estimate of drug-likeness (QED) is 0.874. The predicted octanol–water partition coefficient (Wildman–Crippen LogP) is 4.05. The van der Waals surface area contributed by atoms with Crippen molar-refractivity contribution >= 4 is 11.3 Å². The second-order valence-electron chi connectivity index (χ2n) is 5.01. The van der Waals surface area contributed by atoms with Crippen LogP contribution in [0.3, 0.4) is 0 Å². The van der Waals surface area contributed by atoms with Crippen LogP contribution in [0.1, 0.15) is 29.2 Å². The third-order valence-electron chi connectivity index (χ3n) is 3.81. The number of nitrogens with one attached hydrogen (secondary N) is 1. The standard InChI is InChI=1S/C16H19NS/c1-17-10-13-8-5-9-14-15(11-18-16(13)14)12-6-3-2-4-7-12/h2-4,6-7,11,13,17H,5,8-10H2,1H3. The fraction of sp³-hybridized carbons (Fsp3) is 0.375. The first-order valence-corrected chi connectivity index (χ1v) is 7.58. The molecule has 0 bridgehead atoms. The smallest absolute Gasteiger partial charge is 0.0127 e. The Balaban J connectivity index is 2.00. The number of benzene rings is 1. The van der Waals surface area contributed by atoms with Crippen molar-refractivity contribution < 1.29 is 0 Å². The fourth-order valence-electron chi connectivity index (χ4n) is 2.96. The van der Waals surface area contributed by atoms with Gasteiger partial charge in [0, 0.05) is 17.3 Å². The monoisotopic (exact) mass is 257 g/mol. The van der Waals surface area contributed by atoms with Gasteiger partial charge in [0.2, 0.25) is 0 Å². The zero-order valence-electron chi connectivity index (χ0n) is 10.8. The van der Waals surface area contributed by atoms with Gasteiger partial charge in [0.25, 0.3) is 0 Å². The van der Waals surface area contributed by atoms with Gasteiger partial charge in [-0.05, 0) is 48.4 Å². The third kappa shape index (κ3) is 2.11. The molecule has 1 nitrogen and oxygen atoms in total. The Labute approximate surface area is 113 Å². The average molecular weight is 257 g/mol. The molecule has 0 radical (unpaired) electrons. The molecular formula is C16H19NS. The molecule has 1 aromatic carbocycles. The van der Waals surface area contributed by atoms with E-state index in [4.69, 9.17) is 0 Å². The maximum atomic E-state index is 3.33. The average Bonchev–Trinajstić information content (AvgIpc) is 2.85. The summed E-state index contributed by atoms with van der Waals surface area (Å²) in [5, 5.41) is 5.69. The van der Waals surface area contributed by atoms with E-state index in [9.17, 15) is 0 Å². The van der Waals surface area contributed by atoms with Gasteiger partial charge in [0.05, 0.1) is 0 Å². The Bertz CT molecular complexity index is 515. The van der Waals surface area contributed by atoms with E-state index in [0.29, 0.717) is 0 Å². The highest BCUT2D eigenvalue weighted by Crippen LogP contribution is 2.41. The van der Waals surface area contributed by atoms with Crippen LogP contribution in [0, 0.1) is 0 Å². The minimum atomic E-state index is 0.723. The Hall–Kier alpha value is -1.12. The molecule has 0 spiro atoms. The molecule has 1 heterocycles. The van der Waals surface area contributed by atoms with Crippen LogP contribution in [-0.2, 0) is 6.42 Å². The van der Waals surface area contributed by atoms with Crippen molar-refractivity contribution in [1.29, 1.82) is 0 Å². The second kappa shape index (κ2) is 5.25. The van der Waals surface area contributed by atoms with Crippen molar-refractivity contribution in [2.45, 2.75) is 25.2 Å². The third-order valence-corrected chi connectivity index (χ3v) is 5.00. The highest BCUT2D eigenvalue weighted by Gasteiger charge is 2.24. The number of rotatable bonds is 3. The topological polar surface area (TPSA) is 12.0 Å². The van der Waals surface area contributed by atoms with Gasteiger partial charge < -0.3 is 5.32 Å². The van der Waals surface area contributed by atoms with Crippen LogP contribution in [0.2, 0.25) is 0 Å². The Morgan fingerprint density at radius 2 is 2.11 bits per heavy atom. The minimum absolute atomic E-state index is 0.723. The summed E-state index contributed by atoms with van der Waals surface area (Å²) in [7, 11) is 2.06.